The first-order chi connectivity index (χ1) is 9.61. The second-order valence-electron chi connectivity index (χ2n) is 5.02. The lowest BCUT2D eigenvalue weighted by Gasteiger charge is -2.18. The minimum Gasteiger partial charge on any atom is -0.316 e. The zero-order valence-electron chi connectivity index (χ0n) is 11.8. The molecular weight excluding hydrogens is 256 g/mol. The van der Waals surface area contributed by atoms with E-state index in [-0.39, 0.29) is 11.6 Å². The van der Waals surface area contributed by atoms with Crippen molar-refractivity contribution >= 4 is 0 Å². The Morgan fingerprint density at radius 3 is 2.20 bits per heavy atom. The van der Waals surface area contributed by atoms with Crippen molar-refractivity contribution in [1.29, 1.82) is 0 Å². The number of benzene rings is 2. The van der Waals surface area contributed by atoms with Gasteiger partial charge in [-0.05, 0) is 50.1 Å². The molecule has 0 aliphatic heterocycles. The molecule has 1 atom stereocenters. The summed E-state index contributed by atoms with van der Waals surface area (Å²) in [6, 6.07) is 12.1. The van der Waals surface area contributed by atoms with Gasteiger partial charge in [-0.25, -0.2) is 8.78 Å². The Labute approximate surface area is 118 Å². The number of halogens is 2. The first-order valence-electron chi connectivity index (χ1n) is 6.76. The number of nitrogens with one attached hydrogen (secondary N) is 1. The molecule has 0 aliphatic rings. The highest BCUT2D eigenvalue weighted by Crippen LogP contribution is 2.17. The normalized spacial score (nSPS) is 12.4. The molecule has 0 fully saturated rings. The predicted molar refractivity (Wildman–Crippen MR) is 77.8 cm³/mol. The first-order valence-corrected chi connectivity index (χ1v) is 6.76. The fourth-order valence-corrected chi connectivity index (χ4v) is 2.35. The van der Waals surface area contributed by atoms with Crippen molar-refractivity contribution in [3.8, 4) is 0 Å². The molecule has 0 aliphatic carbocycles. The van der Waals surface area contributed by atoms with Gasteiger partial charge < -0.3 is 5.32 Å². The maximum absolute atomic E-state index is 13.7. The van der Waals surface area contributed by atoms with Crippen LogP contribution in [0.5, 0.6) is 0 Å². The van der Waals surface area contributed by atoms with E-state index in [4.69, 9.17) is 0 Å². The molecule has 0 saturated carbocycles. The molecule has 1 unspecified atom stereocenters. The van der Waals surface area contributed by atoms with Gasteiger partial charge in [0, 0.05) is 11.6 Å². The second-order valence-corrected chi connectivity index (χ2v) is 5.02. The third-order valence-electron chi connectivity index (χ3n) is 3.65. The first kappa shape index (κ1) is 14.7. The smallest absolute Gasteiger partial charge is 0.129 e. The quantitative estimate of drug-likeness (QED) is 0.878. The lowest BCUT2D eigenvalue weighted by molar-refractivity contribution is 0.501. The molecule has 1 N–H and O–H groups in total. The fraction of sp³-hybridized carbons (Fsp3) is 0.294. The van der Waals surface area contributed by atoms with E-state index in [0.29, 0.717) is 6.42 Å². The summed E-state index contributed by atoms with van der Waals surface area (Å²) in [7, 11) is 1.82. The van der Waals surface area contributed by atoms with Gasteiger partial charge in [0.1, 0.15) is 11.6 Å². The fourth-order valence-electron chi connectivity index (χ4n) is 2.35. The van der Waals surface area contributed by atoms with E-state index in [0.717, 1.165) is 6.42 Å². The summed E-state index contributed by atoms with van der Waals surface area (Å²) in [5, 5.41) is 3.15. The van der Waals surface area contributed by atoms with Gasteiger partial charge >= 0.3 is 0 Å². The summed E-state index contributed by atoms with van der Waals surface area (Å²) in [4.78, 5) is 0. The zero-order chi connectivity index (χ0) is 14.5. The third-order valence-corrected chi connectivity index (χ3v) is 3.65. The summed E-state index contributed by atoms with van der Waals surface area (Å²) < 4.78 is 27.4. The van der Waals surface area contributed by atoms with Crippen LogP contribution < -0.4 is 5.32 Å². The molecule has 0 amide bonds. The highest BCUT2D eigenvalue weighted by molar-refractivity contribution is 5.27. The van der Waals surface area contributed by atoms with E-state index in [2.05, 4.69) is 11.4 Å². The minimum atomic E-state index is -0.477. The maximum atomic E-state index is 13.7. The van der Waals surface area contributed by atoms with Crippen molar-refractivity contribution < 1.29 is 8.78 Å². The van der Waals surface area contributed by atoms with Crippen LogP contribution in [0.15, 0.2) is 42.5 Å². The largest absolute Gasteiger partial charge is 0.316 e. The maximum Gasteiger partial charge on any atom is 0.129 e. The Morgan fingerprint density at radius 2 is 1.60 bits per heavy atom. The van der Waals surface area contributed by atoms with Crippen LogP contribution in [-0.2, 0) is 12.8 Å². The Balaban J connectivity index is 2.16. The van der Waals surface area contributed by atoms with E-state index in [1.165, 1.54) is 29.3 Å². The van der Waals surface area contributed by atoms with E-state index < -0.39 is 11.6 Å². The molecule has 20 heavy (non-hydrogen) atoms. The van der Waals surface area contributed by atoms with Gasteiger partial charge in [-0.1, -0.05) is 30.3 Å². The summed E-state index contributed by atoms with van der Waals surface area (Å²) in [6.07, 6.45) is 1.08. The molecule has 0 saturated heterocycles. The molecule has 0 heterocycles. The number of hydrogen-bond acceptors (Lipinski definition) is 1. The molecule has 106 valence electrons. The number of hydrogen-bond donors (Lipinski definition) is 1. The molecular formula is C17H19F2N. The zero-order valence-corrected chi connectivity index (χ0v) is 11.8. The Kier molecular flexibility index (Phi) is 4.85. The highest BCUT2D eigenvalue weighted by Gasteiger charge is 2.15. The van der Waals surface area contributed by atoms with Crippen molar-refractivity contribution in [1.82, 2.24) is 5.32 Å². The Bertz CT molecular complexity index is 561. The highest BCUT2D eigenvalue weighted by atomic mass is 19.1. The van der Waals surface area contributed by atoms with Crippen LogP contribution in [-0.4, -0.2) is 13.1 Å². The molecule has 2 aromatic rings. The number of rotatable bonds is 5. The van der Waals surface area contributed by atoms with Crippen molar-refractivity contribution in [3.63, 3.8) is 0 Å². The van der Waals surface area contributed by atoms with E-state index in [1.54, 1.807) is 0 Å². The Morgan fingerprint density at radius 1 is 0.950 bits per heavy atom. The standard InChI is InChI=1S/C17H19F2N/c1-12-6-3-4-7-13(12)10-14(20-2)11-15-16(18)8-5-9-17(15)19/h3-9,14,20H,10-11H2,1-2H3. The molecule has 0 spiro atoms. The van der Waals surface area contributed by atoms with Crippen molar-refractivity contribution in [3.05, 3.63) is 70.8 Å². The van der Waals surface area contributed by atoms with E-state index >= 15 is 0 Å². The minimum absolute atomic E-state index is 0.00231. The average Bonchev–Trinajstić information content (AvgIpc) is 2.44. The molecule has 0 radical (unpaired) electrons. The topological polar surface area (TPSA) is 12.0 Å². The van der Waals surface area contributed by atoms with Crippen molar-refractivity contribution in [2.45, 2.75) is 25.8 Å². The third kappa shape index (κ3) is 3.42. The lowest BCUT2D eigenvalue weighted by atomic mass is 9.96. The van der Waals surface area contributed by atoms with Gasteiger partial charge in [0.05, 0.1) is 0 Å². The molecule has 1 nitrogen and oxygen atoms in total. The van der Waals surface area contributed by atoms with Crippen LogP contribution in [0.3, 0.4) is 0 Å². The molecule has 0 aromatic heterocycles. The number of aryl methyl sites for hydroxylation is 1. The number of likely N-dealkylation sites (N-methyl/N-ethyl adjacent to an activating group) is 1. The van der Waals surface area contributed by atoms with Crippen LogP contribution in [0.4, 0.5) is 8.78 Å². The summed E-state index contributed by atoms with van der Waals surface area (Å²) >= 11 is 0. The van der Waals surface area contributed by atoms with Crippen LogP contribution in [0.2, 0.25) is 0 Å². The summed E-state index contributed by atoms with van der Waals surface area (Å²) in [6.45, 7) is 2.05. The van der Waals surface area contributed by atoms with Gasteiger partial charge in [-0.2, -0.15) is 0 Å². The van der Waals surface area contributed by atoms with Gasteiger partial charge in [0.25, 0.3) is 0 Å². The van der Waals surface area contributed by atoms with Crippen LogP contribution in [0, 0.1) is 18.6 Å². The Hall–Kier alpha value is -1.74. The van der Waals surface area contributed by atoms with Crippen LogP contribution in [0.25, 0.3) is 0 Å². The van der Waals surface area contributed by atoms with Gasteiger partial charge in [0.15, 0.2) is 0 Å². The molecule has 3 heteroatoms. The van der Waals surface area contributed by atoms with E-state index in [1.807, 2.05) is 32.2 Å². The van der Waals surface area contributed by atoms with Crippen molar-refractivity contribution in [2.75, 3.05) is 7.05 Å². The molecule has 0 bridgehead atoms. The van der Waals surface area contributed by atoms with Crippen LogP contribution >= 0.6 is 0 Å². The van der Waals surface area contributed by atoms with Gasteiger partial charge in [0.2, 0.25) is 0 Å². The predicted octanol–water partition coefficient (Wildman–Crippen LogP) is 3.65. The van der Waals surface area contributed by atoms with Gasteiger partial charge in [-0.15, -0.1) is 0 Å². The van der Waals surface area contributed by atoms with Crippen LogP contribution in [0.1, 0.15) is 16.7 Å². The summed E-state index contributed by atoms with van der Waals surface area (Å²) in [5.74, 6) is -0.954. The van der Waals surface area contributed by atoms with Gasteiger partial charge in [-0.3, -0.25) is 0 Å². The SMILES string of the molecule is CNC(Cc1ccccc1C)Cc1c(F)cccc1F. The molecule has 2 rings (SSSR count). The second kappa shape index (κ2) is 6.62. The average molecular weight is 275 g/mol. The van der Waals surface area contributed by atoms with E-state index in [9.17, 15) is 8.78 Å². The monoisotopic (exact) mass is 275 g/mol. The van der Waals surface area contributed by atoms with Crippen molar-refractivity contribution in [2.24, 2.45) is 0 Å². The lowest BCUT2D eigenvalue weighted by Crippen LogP contribution is -2.31. The summed E-state index contributed by atoms with van der Waals surface area (Å²) in [5.41, 5.74) is 2.55. The molecule has 2 aromatic carbocycles.